The molecule has 5 rings (SSSR count). The number of rotatable bonds is 2. The van der Waals surface area contributed by atoms with Crippen LogP contribution in [-0.4, -0.2) is 32.7 Å². The molecule has 8 heteroatoms. The van der Waals surface area contributed by atoms with Crippen LogP contribution in [0.2, 0.25) is 0 Å². The van der Waals surface area contributed by atoms with Gasteiger partial charge in [0.05, 0.1) is 22.3 Å². The van der Waals surface area contributed by atoms with E-state index in [-0.39, 0.29) is 18.2 Å². The van der Waals surface area contributed by atoms with E-state index in [2.05, 4.69) is 26.5 Å². The molecule has 144 valence electrons. The van der Waals surface area contributed by atoms with E-state index in [1.165, 1.54) is 11.6 Å². The SMILES string of the molecule is Cc1cn2nc(-c3cc(F)c4nc(C5=CCNCC5)sc4c3)cc(C)c2n1.Cl. The molecule has 5 nitrogen and oxygen atoms in total. The summed E-state index contributed by atoms with van der Waals surface area (Å²) in [6, 6.07) is 5.47. The number of fused-ring (bicyclic) bond motifs is 2. The van der Waals surface area contributed by atoms with Crippen molar-refractivity contribution in [3.8, 4) is 11.3 Å². The lowest BCUT2D eigenvalue weighted by molar-refractivity contribution is 0.637. The van der Waals surface area contributed by atoms with Crippen LogP contribution in [0.15, 0.2) is 30.5 Å². The summed E-state index contributed by atoms with van der Waals surface area (Å²) in [5.74, 6) is -0.305. The van der Waals surface area contributed by atoms with Gasteiger partial charge in [0.1, 0.15) is 10.5 Å². The maximum Gasteiger partial charge on any atom is 0.156 e. The van der Waals surface area contributed by atoms with Gasteiger partial charge in [0.15, 0.2) is 11.5 Å². The number of benzene rings is 1. The Morgan fingerprint density at radius 2 is 2.04 bits per heavy atom. The highest BCUT2D eigenvalue weighted by Gasteiger charge is 2.16. The third-order valence-corrected chi connectivity index (χ3v) is 5.89. The van der Waals surface area contributed by atoms with Gasteiger partial charge in [-0.3, -0.25) is 0 Å². The summed E-state index contributed by atoms with van der Waals surface area (Å²) < 4.78 is 17.4. The van der Waals surface area contributed by atoms with Crippen LogP contribution in [0.1, 0.15) is 22.7 Å². The first-order valence-corrected chi connectivity index (χ1v) is 9.74. The number of thiazole rings is 1. The van der Waals surface area contributed by atoms with Gasteiger partial charge in [-0.2, -0.15) is 5.10 Å². The Balaban J connectivity index is 0.00000192. The summed E-state index contributed by atoms with van der Waals surface area (Å²) in [5, 5.41) is 8.83. The predicted molar refractivity (Wildman–Crippen MR) is 114 cm³/mol. The third kappa shape index (κ3) is 3.19. The monoisotopic (exact) mass is 415 g/mol. The average Bonchev–Trinajstić information content (AvgIpc) is 3.26. The van der Waals surface area contributed by atoms with Crippen LogP contribution in [0.4, 0.5) is 4.39 Å². The van der Waals surface area contributed by atoms with Crippen LogP contribution in [0.25, 0.3) is 32.7 Å². The highest BCUT2D eigenvalue weighted by Crippen LogP contribution is 2.34. The fourth-order valence-electron chi connectivity index (χ4n) is 3.48. The van der Waals surface area contributed by atoms with Gasteiger partial charge in [0.2, 0.25) is 0 Å². The van der Waals surface area contributed by atoms with Gasteiger partial charge in [-0.15, -0.1) is 23.7 Å². The van der Waals surface area contributed by atoms with Gasteiger partial charge in [0.25, 0.3) is 0 Å². The fourth-order valence-corrected chi connectivity index (χ4v) is 4.56. The minimum absolute atomic E-state index is 0. The molecule has 1 aromatic carbocycles. The van der Waals surface area contributed by atoms with Gasteiger partial charge >= 0.3 is 0 Å². The van der Waals surface area contributed by atoms with Crippen LogP contribution in [0, 0.1) is 19.7 Å². The van der Waals surface area contributed by atoms with Gasteiger partial charge in [-0.05, 0) is 56.1 Å². The van der Waals surface area contributed by atoms with Crippen LogP contribution < -0.4 is 5.32 Å². The van der Waals surface area contributed by atoms with E-state index in [4.69, 9.17) is 0 Å². The number of imidazole rings is 1. The first-order chi connectivity index (χ1) is 13.1. The average molecular weight is 416 g/mol. The van der Waals surface area contributed by atoms with E-state index in [0.717, 1.165) is 57.4 Å². The molecule has 1 aliphatic rings. The number of nitrogens with one attached hydrogen (secondary N) is 1. The maximum atomic E-state index is 14.8. The number of hydrogen-bond donors (Lipinski definition) is 1. The summed E-state index contributed by atoms with van der Waals surface area (Å²) >= 11 is 1.54. The first-order valence-electron chi connectivity index (χ1n) is 8.93. The van der Waals surface area contributed by atoms with Crippen molar-refractivity contribution in [2.75, 3.05) is 13.1 Å². The van der Waals surface area contributed by atoms with E-state index in [1.54, 1.807) is 15.9 Å². The Bertz CT molecular complexity index is 1230. The zero-order chi connectivity index (χ0) is 18.5. The molecule has 1 aliphatic heterocycles. The van der Waals surface area contributed by atoms with Crippen molar-refractivity contribution < 1.29 is 4.39 Å². The van der Waals surface area contributed by atoms with E-state index in [1.807, 2.05) is 32.2 Å². The van der Waals surface area contributed by atoms with E-state index >= 15 is 0 Å². The van der Waals surface area contributed by atoms with Crippen molar-refractivity contribution in [3.05, 3.63) is 52.6 Å². The van der Waals surface area contributed by atoms with Gasteiger partial charge in [0, 0.05) is 12.1 Å². The topological polar surface area (TPSA) is 55.1 Å². The van der Waals surface area contributed by atoms with Crippen molar-refractivity contribution >= 4 is 45.2 Å². The Morgan fingerprint density at radius 3 is 2.82 bits per heavy atom. The van der Waals surface area contributed by atoms with Gasteiger partial charge in [-0.1, -0.05) is 6.08 Å². The standard InChI is InChI=1S/C20H18FN5S.ClH/c1-11-7-16(25-26-10-12(2)23-19(11)26)14-8-15(21)18-17(9-14)27-20(24-18)13-3-5-22-6-4-13;/h3,7-10,22H,4-6H2,1-2H3;1H. The molecular formula is C20H19ClFN5S. The van der Waals surface area contributed by atoms with E-state index < -0.39 is 0 Å². The second-order valence-electron chi connectivity index (χ2n) is 6.87. The van der Waals surface area contributed by atoms with Crippen LogP contribution in [-0.2, 0) is 0 Å². The zero-order valence-electron chi connectivity index (χ0n) is 15.5. The highest BCUT2D eigenvalue weighted by molar-refractivity contribution is 7.19. The van der Waals surface area contributed by atoms with Crippen molar-refractivity contribution in [2.45, 2.75) is 20.3 Å². The molecule has 28 heavy (non-hydrogen) atoms. The molecule has 0 fully saturated rings. The Hall–Kier alpha value is -2.35. The van der Waals surface area contributed by atoms with Crippen molar-refractivity contribution in [2.24, 2.45) is 0 Å². The van der Waals surface area contributed by atoms with Crippen molar-refractivity contribution in [1.82, 2.24) is 24.9 Å². The molecule has 0 amide bonds. The summed E-state index contributed by atoms with van der Waals surface area (Å²) in [6.07, 6.45) is 4.95. The van der Waals surface area contributed by atoms with Crippen molar-refractivity contribution in [3.63, 3.8) is 0 Å². The minimum atomic E-state index is -0.305. The Kier molecular flexibility index (Phi) is 4.91. The molecule has 0 bridgehead atoms. The van der Waals surface area contributed by atoms with Crippen molar-refractivity contribution in [1.29, 1.82) is 0 Å². The largest absolute Gasteiger partial charge is 0.313 e. The number of aromatic nitrogens is 4. The summed E-state index contributed by atoms with van der Waals surface area (Å²) in [4.78, 5) is 9.03. The molecule has 0 saturated carbocycles. The zero-order valence-corrected chi connectivity index (χ0v) is 17.1. The smallest absolute Gasteiger partial charge is 0.156 e. The van der Waals surface area contributed by atoms with Gasteiger partial charge < -0.3 is 5.32 Å². The molecule has 4 heterocycles. The Morgan fingerprint density at radius 1 is 1.18 bits per heavy atom. The lowest BCUT2D eigenvalue weighted by Crippen LogP contribution is -2.19. The maximum absolute atomic E-state index is 14.8. The Labute approximate surface area is 171 Å². The molecule has 0 saturated heterocycles. The molecule has 3 aromatic heterocycles. The molecule has 0 radical (unpaired) electrons. The third-order valence-electron chi connectivity index (χ3n) is 4.81. The van der Waals surface area contributed by atoms with Crippen LogP contribution in [0.3, 0.4) is 0 Å². The minimum Gasteiger partial charge on any atom is -0.313 e. The fraction of sp³-hybridized carbons (Fsp3) is 0.250. The summed E-state index contributed by atoms with van der Waals surface area (Å²) in [5.41, 5.74) is 5.87. The normalized spacial score (nSPS) is 14.3. The molecule has 0 unspecified atom stereocenters. The molecule has 4 aromatic rings. The molecule has 0 atom stereocenters. The van der Waals surface area contributed by atoms with E-state index in [9.17, 15) is 4.39 Å². The van der Waals surface area contributed by atoms with Crippen LogP contribution >= 0.6 is 23.7 Å². The number of aryl methyl sites for hydroxylation is 2. The predicted octanol–water partition coefficient (Wildman–Crippen LogP) is 4.56. The number of nitrogens with zero attached hydrogens (tertiary/aromatic N) is 4. The first kappa shape index (κ1) is 19.0. The second kappa shape index (κ2) is 7.24. The molecule has 0 aliphatic carbocycles. The van der Waals surface area contributed by atoms with Gasteiger partial charge in [-0.25, -0.2) is 18.9 Å². The summed E-state index contributed by atoms with van der Waals surface area (Å²) in [6.45, 7) is 5.71. The molecule has 1 N–H and O–H groups in total. The number of hydrogen-bond acceptors (Lipinski definition) is 5. The second-order valence-corrected chi connectivity index (χ2v) is 7.90. The lowest BCUT2D eigenvalue weighted by atomic mass is 10.1. The molecule has 0 spiro atoms. The lowest BCUT2D eigenvalue weighted by Gasteiger charge is -2.10. The molecular weight excluding hydrogens is 397 g/mol. The highest BCUT2D eigenvalue weighted by atomic mass is 35.5. The van der Waals surface area contributed by atoms with Crippen LogP contribution in [0.5, 0.6) is 0 Å². The summed E-state index contributed by atoms with van der Waals surface area (Å²) in [7, 11) is 0. The van der Waals surface area contributed by atoms with E-state index in [0.29, 0.717) is 5.52 Å². The number of halogens is 2. The quantitative estimate of drug-likeness (QED) is 0.521.